The molecule has 6 heteroatoms. The van der Waals surface area contributed by atoms with Crippen LogP contribution in [0.3, 0.4) is 0 Å². The first-order valence-electron chi connectivity index (χ1n) is 6.72. The van der Waals surface area contributed by atoms with E-state index in [9.17, 15) is 14.0 Å². The lowest BCUT2D eigenvalue weighted by molar-refractivity contribution is -0.122. The van der Waals surface area contributed by atoms with Gasteiger partial charge in [0.25, 0.3) is 11.8 Å². The van der Waals surface area contributed by atoms with Crippen LogP contribution in [0.15, 0.2) is 42.5 Å². The van der Waals surface area contributed by atoms with Gasteiger partial charge in [-0.25, -0.2) is 4.39 Å². The highest BCUT2D eigenvalue weighted by Crippen LogP contribution is 2.33. The summed E-state index contributed by atoms with van der Waals surface area (Å²) in [6.07, 6.45) is -0.674. The van der Waals surface area contributed by atoms with E-state index in [1.165, 1.54) is 24.3 Å². The minimum absolute atomic E-state index is 0.261. The van der Waals surface area contributed by atoms with Gasteiger partial charge in [0.15, 0.2) is 11.9 Å². The van der Waals surface area contributed by atoms with E-state index >= 15 is 0 Å². The highest BCUT2D eigenvalue weighted by molar-refractivity contribution is 6.09. The van der Waals surface area contributed by atoms with Gasteiger partial charge in [0.2, 0.25) is 0 Å². The predicted molar refractivity (Wildman–Crippen MR) is 79.5 cm³/mol. The van der Waals surface area contributed by atoms with Crippen molar-refractivity contribution in [3.05, 3.63) is 53.8 Å². The van der Waals surface area contributed by atoms with E-state index in [1.54, 1.807) is 25.1 Å². The minimum atomic E-state index is -0.674. The van der Waals surface area contributed by atoms with Crippen molar-refractivity contribution in [3.8, 4) is 5.75 Å². The summed E-state index contributed by atoms with van der Waals surface area (Å²) in [4.78, 5) is 24.0. The van der Waals surface area contributed by atoms with Crippen LogP contribution in [0.25, 0.3) is 0 Å². The number of rotatable bonds is 2. The maximum Gasteiger partial charge on any atom is 0.265 e. The molecule has 1 aliphatic heterocycles. The zero-order chi connectivity index (χ0) is 15.7. The molecule has 112 valence electrons. The lowest BCUT2D eigenvalue weighted by atomic mass is 10.1. The summed E-state index contributed by atoms with van der Waals surface area (Å²) in [5.41, 5.74) is 1.22. The second-order valence-corrected chi connectivity index (χ2v) is 4.89. The summed E-state index contributed by atoms with van der Waals surface area (Å²) in [5.74, 6) is -0.709. The first kappa shape index (κ1) is 14.1. The van der Waals surface area contributed by atoms with E-state index in [-0.39, 0.29) is 11.7 Å². The van der Waals surface area contributed by atoms with Crippen LogP contribution in [0.5, 0.6) is 5.75 Å². The van der Waals surface area contributed by atoms with Crippen LogP contribution in [0, 0.1) is 5.82 Å². The molecule has 0 bridgehead atoms. The molecular formula is C16H13FN2O3. The number of hydrogen-bond acceptors (Lipinski definition) is 3. The van der Waals surface area contributed by atoms with E-state index < -0.39 is 12.0 Å². The minimum Gasteiger partial charge on any atom is -0.478 e. The van der Waals surface area contributed by atoms with Crippen LogP contribution < -0.4 is 15.4 Å². The van der Waals surface area contributed by atoms with Crippen LogP contribution in [0.4, 0.5) is 15.8 Å². The number of halogens is 1. The van der Waals surface area contributed by atoms with Crippen molar-refractivity contribution in [1.29, 1.82) is 0 Å². The molecule has 0 aliphatic carbocycles. The van der Waals surface area contributed by atoms with Crippen molar-refractivity contribution < 1.29 is 18.7 Å². The Balaban J connectivity index is 1.89. The number of ether oxygens (including phenoxy) is 1. The van der Waals surface area contributed by atoms with Crippen molar-refractivity contribution in [2.75, 3.05) is 10.6 Å². The zero-order valence-electron chi connectivity index (χ0n) is 11.7. The van der Waals surface area contributed by atoms with Gasteiger partial charge in [0.1, 0.15) is 5.82 Å². The zero-order valence-corrected chi connectivity index (χ0v) is 11.7. The molecule has 1 aliphatic rings. The smallest absolute Gasteiger partial charge is 0.265 e. The number of nitrogens with one attached hydrogen (secondary N) is 2. The molecule has 2 N–H and O–H groups in total. The Hall–Kier alpha value is -2.89. The number of carbonyl (C=O) groups is 2. The number of benzene rings is 2. The van der Waals surface area contributed by atoms with Gasteiger partial charge in [-0.1, -0.05) is 6.07 Å². The molecule has 2 aromatic rings. The van der Waals surface area contributed by atoms with Crippen LogP contribution in [0.2, 0.25) is 0 Å². The molecule has 2 amide bonds. The normalized spacial score (nSPS) is 16.3. The third-order valence-corrected chi connectivity index (χ3v) is 3.28. The number of fused-ring (bicyclic) bond motifs is 1. The van der Waals surface area contributed by atoms with Gasteiger partial charge in [-0.05, 0) is 43.3 Å². The predicted octanol–water partition coefficient (Wildman–Crippen LogP) is 2.80. The van der Waals surface area contributed by atoms with Crippen LogP contribution in [-0.2, 0) is 4.79 Å². The largest absolute Gasteiger partial charge is 0.478 e. The molecule has 0 saturated carbocycles. The van der Waals surface area contributed by atoms with Gasteiger partial charge in [-0.15, -0.1) is 0 Å². The quantitative estimate of drug-likeness (QED) is 0.896. The average molecular weight is 300 g/mol. The van der Waals surface area contributed by atoms with Gasteiger partial charge in [0.05, 0.1) is 11.3 Å². The first-order chi connectivity index (χ1) is 10.5. The van der Waals surface area contributed by atoms with Gasteiger partial charge in [-0.2, -0.15) is 0 Å². The SMILES string of the molecule is CC1Oc2c(cccc2C(=O)Nc2ccc(F)cc2)NC1=O. The standard InChI is InChI=1S/C16H13FN2O3/c1-9-15(20)19-13-4-2-3-12(14(13)22-9)16(21)18-11-7-5-10(17)6-8-11/h2-9H,1H3,(H,18,21)(H,19,20). The van der Waals surface area contributed by atoms with Crippen LogP contribution in [-0.4, -0.2) is 17.9 Å². The van der Waals surface area contributed by atoms with Crippen molar-refractivity contribution in [2.45, 2.75) is 13.0 Å². The molecule has 0 radical (unpaired) electrons. The summed E-state index contributed by atoms with van der Waals surface area (Å²) in [5, 5.41) is 5.35. The van der Waals surface area contributed by atoms with E-state index in [1.807, 2.05) is 0 Å². The lowest BCUT2D eigenvalue weighted by Crippen LogP contribution is -2.35. The molecule has 3 rings (SSSR count). The molecule has 5 nitrogen and oxygen atoms in total. The summed E-state index contributed by atoms with van der Waals surface area (Å²) in [7, 11) is 0. The summed E-state index contributed by atoms with van der Waals surface area (Å²) >= 11 is 0. The number of hydrogen-bond donors (Lipinski definition) is 2. The van der Waals surface area contributed by atoms with E-state index in [0.29, 0.717) is 22.7 Å². The van der Waals surface area contributed by atoms with Crippen LogP contribution >= 0.6 is 0 Å². The van der Waals surface area contributed by atoms with Crippen molar-refractivity contribution in [2.24, 2.45) is 0 Å². The Labute approximate surface area is 126 Å². The van der Waals surface area contributed by atoms with E-state index in [2.05, 4.69) is 10.6 Å². The topological polar surface area (TPSA) is 67.4 Å². The molecule has 0 spiro atoms. The van der Waals surface area contributed by atoms with E-state index in [0.717, 1.165) is 0 Å². The first-order valence-corrected chi connectivity index (χ1v) is 6.72. The highest BCUT2D eigenvalue weighted by atomic mass is 19.1. The molecule has 2 aromatic carbocycles. The third-order valence-electron chi connectivity index (χ3n) is 3.28. The lowest BCUT2D eigenvalue weighted by Gasteiger charge is -2.25. The Morgan fingerprint density at radius 3 is 2.68 bits per heavy atom. The fraction of sp³-hybridized carbons (Fsp3) is 0.125. The molecule has 1 atom stereocenters. The Morgan fingerprint density at radius 2 is 1.95 bits per heavy atom. The van der Waals surface area contributed by atoms with Gasteiger partial charge < -0.3 is 15.4 Å². The van der Waals surface area contributed by atoms with Crippen molar-refractivity contribution in [1.82, 2.24) is 0 Å². The van der Waals surface area contributed by atoms with Gasteiger partial charge in [0, 0.05) is 5.69 Å². The maximum absolute atomic E-state index is 12.9. The monoisotopic (exact) mass is 300 g/mol. The molecule has 22 heavy (non-hydrogen) atoms. The highest BCUT2D eigenvalue weighted by Gasteiger charge is 2.27. The molecule has 1 heterocycles. The van der Waals surface area contributed by atoms with E-state index in [4.69, 9.17) is 4.74 Å². The molecule has 0 aromatic heterocycles. The second kappa shape index (κ2) is 5.48. The number of amides is 2. The van der Waals surface area contributed by atoms with Gasteiger partial charge in [-0.3, -0.25) is 9.59 Å². The summed E-state index contributed by atoms with van der Waals surface area (Å²) in [6.45, 7) is 1.60. The van der Waals surface area contributed by atoms with Gasteiger partial charge >= 0.3 is 0 Å². The van der Waals surface area contributed by atoms with Crippen molar-refractivity contribution in [3.63, 3.8) is 0 Å². The molecule has 0 fully saturated rings. The fourth-order valence-electron chi connectivity index (χ4n) is 2.14. The number of para-hydroxylation sites is 1. The Bertz CT molecular complexity index is 744. The molecule has 1 unspecified atom stereocenters. The second-order valence-electron chi connectivity index (χ2n) is 4.89. The average Bonchev–Trinajstić information content (AvgIpc) is 2.50. The van der Waals surface area contributed by atoms with Crippen molar-refractivity contribution >= 4 is 23.2 Å². The maximum atomic E-state index is 12.9. The number of carbonyl (C=O) groups excluding carboxylic acids is 2. The number of anilines is 2. The Kier molecular flexibility index (Phi) is 3.50. The fourth-order valence-corrected chi connectivity index (χ4v) is 2.14. The molecular weight excluding hydrogens is 287 g/mol. The Morgan fingerprint density at radius 1 is 1.23 bits per heavy atom. The summed E-state index contributed by atoms with van der Waals surface area (Å²) in [6, 6.07) is 10.4. The molecule has 0 saturated heterocycles. The van der Waals surface area contributed by atoms with Crippen LogP contribution in [0.1, 0.15) is 17.3 Å². The third kappa shape index (κ3) is 2.63. The summed E-state index contributed by atoms with van der Waals surface area (Å²) < 4.78 is 18.4.